The number of hydrogen-bond donors (Lipinski definition) is 1. The van der Waals surface area contributed by atoms with Gasteiger partial charge in [0, 0.05) is 18.8 Å². The molecule has 2 fully saturated rings. The Morgan fingerprint density at radius 3 is 2.50 bits per heavy atom. The number of amides is 1. The molecule has 1 aromatic rings. The van der Waals surface area contributed by atoms with Crippen molar-refractivity contribution in [3.8, 4) is 0 Å². The smallest absolute Gasteiger partial charge is 0.346 e. The molecule has 1 aliphatic carbocycles. The van der Waals surface area contributed by atoms with E-state index >= 15 is 0 Å². The molecule has 0 aromatic carbocycles. The second kappa shape index (κ2) is 4.99. The second-order valence-electron chi connectivity index (χ2n) is 6.62. The van der Waals surface area contributed by atoms with Crippen LogP contribution in [0.5, 0.6) is 0 Å². The average Bonchev–Trinajstić information content (AvgIpc) is 2.73. The van der Waals surface area contributed by atoms with Gasteiger partial charge >= 0.3 is 6.18 Å². The maximum atomic E-state index is 13.3. The standard InChI is InChI=1S/C15H20F3N3O/c1-9-12(20-10(2)19-9)13(22)21-7-4-11(15(16,17)18)14(8-21)5-3-6-14/h11H,3-8H2,1-2H3,(H,19,20). The fourth-order valence-electron chi connectivity index (χ4n) is 3.95. The lowest BCUT2D eigenvalue weighted by Gasteiger charge is -2.54. The number of aromatic amines is 1. The van der Waals surface area contributed by atoms with Crippen LogP contribution in [-0.4, -0.2) is 40.0 Å². The van der Waals surface area contributed by atoms with Crippen LogP contribution in [0.4, 0.5) is 13.2 Å². The number of imidazole rings is 1. The summed E-state index contributed by atoms with van der Waals surface area (Å²) in [4.78, 5) is 21.3. The van der Waals surface area contributed by atoms with E-state index in [4.69, 9.17) is 0 Å². The number of nitrogens with one attached hydrogen (secondary N) is 1. The molecule has 1 N–H and O–H groups in total. The Hall–Kier alpha value is -1.53. The monoisotopic (exact) mass is 315 g/mol. The molecule has 2 heterocycles. The molecule has 0 radical (unpaired) electrons. The fraction of sp³-hybridized carbons (Fsp3) is 0.733. The lowest BCUT2D eigenvalue weighted by atomic mass is 9.58. The summed E-state index contributed by atoms with van der Waals surface area (Å²) in [6, 6.07) is 0. The minimum atomic E-state index is -4.17. The SMILES string of the molecule is Cc1nc(C(=O)N2CCC(C(F)(F)F)C3(CCC3)C2)c(C)[nH]1. The van der Waals surface area contributed by atoms with Crippen molar-refractivity contribution in [2.24, 2.45) is 11.3 Å². The van der Waals surface area contributed by atoms with Gasteiger partial charge in [-0.2, -0.15) is 13.2 Å². The first-order chi connectivity index (χ1) is 10.2. The number of hydrogen-bond acceptors (Lipinski definition) is 2. The van der Waals surface area contributed by atoms with Gasteiger partial charge in [0.25, 0.3) is 5.91 Å². The zero-order valence-electron chi connectivity index (χ0n) is 12.8. The highest BCUT2D eigenvalue weighted by Crippen LogP contribution is 2.56. The van der Waals surface area contributed by atoms with Crippen molar-refractivity contribution in [3.05, 3.63) is 17.2 Å². The third-order valence-electron chi connectivity index (χ3n) is 5.17. The van der Waals surface area contributed by atoms with E-state index in [2.05, 4.69) is 9.97 Å². The number of aryl methyl sites for hydroxylation is 2. The van der Waals surface area contributed by atoms with E-state index in [9.17, 15) is 18.0 Å². The molecule has 7 heteroatoms. The van der Waals surface area contributed by atoms with E-state index in [1.165, 1.54) is 0 Å². The van der Waals surface area contributed by atoms with Crippen LogP contribution in [0.3, 0.4) is 0 Å². The Bertz CT molecular complexity index is 589. The van der Waals surface area contributed by atoms with Gasteiger partial charge in [0.2, 0.25) is 0 Å². The maximum absolute atomic E-state index is 13.3. The van der Waals surface area contributed by atoms with E-state index in [0.29, 0.717) is 30.1 Å². The Morgan fingerprint density at radius 1 is 1.36 bits per heavy atom. The van der Waals surface area contributed by atoms with Gasteiger partial charge in [-0.1, -0.05) is 6.42 Å². The molecule has 0 bridgehead atoms. The average molecular weight is 315 g/mol. The number of carbonyl (C=O) groups excluding carboxylic acids is 1. The molecule has 1 unspecified atom stereocenters. The molecule has 1 amide bonds. The van der Waals surface area contributed by atoms with Crippen molar-refractivity contribution >= 4 is 5.91 Å². The number of aromatic nitrogens is 2. The summed E-state index contributed by atoms with van der Waals surface area (Å²) in [5.41, 5.74) is 0.228. The predicted molar refractivity (Wildman–Crippen MR) is 74.4 cm³/mol. The van der Waals surface area contributed by atoms with E-state index in [-0.39, 0.29) is 25.4 Å². The Balaban J connectivity index is 1.81. The molecule has 3 rings (SSSR count). The van der Waals surface area contributed by atoms with E-state index in [0.717, 1.165) is 6.42 Å². The van der Waals surface area contributed by atoms with Crippen LogP contribution in [-0.2, 0) is 0 Å². The number of halogens is 3. The number of likely N-dealkylation sites (tertiary alicyclic amines) is 1. The highest BCUT2D eigenvalue weighted by molar-refractivity contribution is 5.93. The molecule has 22 heavy (non-hydrogen) atoms. The van der Waals surface area contributed by atoms with Gasteiger partial charge in [0.1, 0.15) is 11.5 Å². The van der Waals surface area contributed by atoms with Gasteiger partial charge < -0.3 is 9.88 Å². The molecular weight excluding hydrogens is 295 g/mol. The van der Waals surface area contributed by atoms with Gasteiger partial charge in [-0.25, -0.2) is 4.98 Å². The summed E-state index contributed by atoms with van der Waals surface area (Å²) in [6.45, 7) is 3.86. The van der Waals surface area contributed by atoms with E-state index in [1.807, 2.05) is 0 Å². The van der Waals surface area contributed by atoms with Crippen LogP contribution in [0.2, 0.25) is 0 Å². The molecule has 1 spiro atoms. The molecule has 122 valence electrons. The summed E-state index contributed by atoms with van der Waals surface area (Å²) in [7, 11) is 0. The van der Waals surface area contributed by atoms with Crippen molar-refractivity contribution in [1.82, 2.24) is 14.9 Å². The van der Waals surface area contributed by atoms with Gasteiger partial charge in [-0.05, 0) is 38.5 Å². The molecule has 4 nitrogen and oxygen atoms in total. The lowest BCUT2D eigenvalue weighted by molar-refractivity contribution is -0.235. The van der Waals surface area contributed by atoms with Crippen molar-refractivity contribution in [2.75, 3.05) is 13.1 Å². The van der Waals surface area contributed by atoms with Crippen LogP contribution in [0.25, 0.3) is 0 Å². The molecule has 1 atom stereocenters. The molecule has 1 aliphatic heterocycles. The second-order valence-corrected chi connectivity index (χ2v) is 6.62. The summed E-state index contributed by atoms with van der Waals surface area (Å²) in [5.74, 6) is -0.891. The van der Waals surface area contributed by atoms with Crippen LogP contribution in [0.1, 0.15) is 47.7 Å². The highest BCUT2D eigenvalue weighted by Gasteiger charge is 2.58. The fourth-order valence-corrected chi connectivity index (χ4v) is 3.95. The van der Waals surface area contributed by atoms with Gasteiger partial charge in [-0.15, -0.1) is 0 Å². The van der Waals surface area contributed by atoms with Crippen molar-refractivity contribution in [2.45, 2.75) is 45.7 Å². The van der Waals surface area contributed by atoms with Crippen LogP contribution in [0.15, 0.2) is 0 Å². The molecule has 2 aliphatic rings. The molecule has 1 aromatic heterocycles. The number of carbonyl (C=O) groups is 1. The number of H-pyrrole nitrogens is 1. The minimum absolute atomic E-state index is 0.00229. The third kappa shape index (κ3) is 2.40. The van der Waals surface area contributed by atoms with E-state index < -0.39 is 17.5 Å². The Kier molecular flexibility index (Phi) is 3.49. The Morgan fingerprint density at radius 2 is 2.05 bits per heavy atom. The highest BCUT2D eigenvalue weighted by atomic mass is 19.4. The number of nitrogens with zero attached hydrogens (tertiary/aromatic N) is 2. The lowest BCUT2D eigenvalue weighted by Crippen LogP contribution is -2.57. The van der Waals surface area contributed by atoms with Crippen LogP contribution in [0, 0.1) is 25.2 Å². The van der Waals surface area contributed by atoms with E-state index in [1.54, 1.807) is 18.7 Å². The largest absolute Gasteiger partial charge is 0.392 e. The first-order valence-electron chi connectivity index (χ1n) is 7.62. The maximum Gasteiger partial charge on any atom is 0.392 e. The first kappa shape index (κ1) is 15.4. The third-order valence-corrected chi connectivity index (χ3v) is 5.17. The van der Waals surface area contributed by atoms with Crippen molar-refractivity contribution in [1.29, 1.82) is 0 Å². The quantitative estimate of drug-likeness (QED) is 0.865. The Labute approximate surface area is 127 Å². The number of alkyl halides is 3. The minimum Gasteiger partial charge on any atom is -0.346 e. The van der Waals surface area contributed by atoms with Crippen LogP contribution < -0.4 is 0 Å². The number of rotatable bonds is 1. The molecule has 1 saturated heterocycles. The van der Waals surface area contributed by atoms with Gasteiger partial charge in [-0.3, -0.25) is 4.79 Å². The topological polar surface area (TPSA) is 49.0 Å². The van der Waals surface area contributed by atoms with Gasteiger partial charge in [0.05, 0.1) is 5.92 Å². The summed E-state index contributed by atoms with van der Waals surface area (Å²) < 4.78 is 39.8. The normalized spacial score (nSPS) is 24.4. The predicted octanol–water partition coefficient (Wildman–Crippen LogP) is 3.22. The molecule has 1 saturated carbocycles. The van der Waals surface area contributed by atoms with Crippen LogP contribution >= 0.6 is 0 Å². The molecular formula is C15H20F3N3O. The number of piperidine rings is 1. The first-order valence-corrected chi connectivity index (χ1v) is 7.62. The zero-order valence-corrected chi connectivity index (χ0v) is 12.8. The summed E-state index contributed by atoms with van der Waals surface area (Å²) >= 11 is 0. The summed E-state index contributed by atoms with van der Waals surface area (Å²) in [5, 5.41) is 0. The summed E-state index contributed by atoms with van der Waals surface area (Å²) in [6.07, 6.45) is -2.25. The zero-order chi connectivity index (χ0) is 16.1. The van der Waals surface area contributed by atoms with Crippen molar-refractivity contribution < 1.29 is 18.0 Å². The van der Waals surface area contributed by atoms with Crippen molar-refractivity contribution in [3.63, 3.8) is 0 Å². The van der Waals surface area contributed by atoms with Gasteiger partial charge in [0.15, 0.2) is 0 Å².